The fraction of sp³-hybridized carbons (Fsp3) is 0.647. The second-order valence-electron chi connectivity index (χ2n) is 6.30. The van der Waals surface area contributed by atoms with E-state index in [4.69, 9.17) is 4.74 Å². The number of aromatic hydroxyl groups is 1. The van der Waals surface area contributed by atoms with Crippen molar-refractivity contribution in [3.63, 3.8) is 0 Å². The summed E-state index contributed by atoms with van der Waals surface area (Å²) in [5.74, 6) is 3.70. The van der Waals surface area contributed by atoms with Crippen molar-refractivity contribution in [2.75, 3.05) is 13.2 Å². The summed E-state index contributed by atoms with van der Waals surface area (Å²) in [6.45, 7) is 4.50. The maximum atomic E-state index is 9.69. The Hall–Kier alpha value is -1.22. The highest BCUT2D eigenvalue weighted by Gasteiger charge is 2.38. The van der Waals surface area contributed by atoms with Crippen LogP contribution in [0.25, 0.3) is 0 Å². The van der Waals surface area contributed by atoms with Crippen LogP contribution in [0.15, 0.2) is 18.2 Å². The van der Waals surface area contributed by atoms with Crippen LogP contribution in [-0.2, 0) is 6.54 Å². The molecule has 3 rings (SSSR count). The van der Waals surface area contributed by atoms with Gasteiger partial charge in [-0.25, -0.2) is 0 Å². The summed E-state index contributed by atoms with van der Waals surface area (Å²) in [6, 6.07) is 5.62. The lowest BCUT2D eigenvalue weighted by molar-refractivity contribution is 0.314. The maximum Gasteiger partial charge on any atom is 0.161 e. The summed E-state index contributed by atoms with van der Waals surface area (Å²) in [4.78, 5) is 0. The first-order valence-corrected chi connectivity index (χ1v) is 7.91. The van der Waals surface area contributed by atoms with Crippen LogP contribution >= 0.6 is 0 Å². The van der Waals surface area contributed by atoms with Crippen molar-refractivity contribution >= 4 is 0 Å². The van der Waals surface area contributed by atoms with Crippen molar-refractivity contribution in [2.45, 2.75) is 39.2 Å². The fourth-order valence-corrected chi connectivity index (χ4v) is 3.97. The van der Waals surface area contributed by atoms with Gasteiger partial charge in [0, 0.05) is 6.54 Å². The molecule has 20 heavy (non-hydrogen) atoms. The van der Waals surface area contributed by atoms with Crippen LogP contribution in [-0.4, -0.2) is 18.3 Å². The first-order chi connectivity index (χ1) is 9.76. The third-order valence-corrected chi connectivity index (χ3v) is 4.94. The van der Waals surface area contributed by atoms with E-state index in [9.17, 15) is 5.11 Å². The molecule has 2 aliphatic carbocycles. The zero-order valence-corrected chi connectivity index (χ0v) is 12.3. The Labute approximate surface area is 121 Å². The zero-order chi connectivity index (χ0) is 13.9. The molecule has 0 heterocycles. The lowest BCUT2D eigenvalue weighted by atomic mass is 9.89. The molecule has 0 spiro atoms. The first kappa shape index (κ1) is 13.7. The summed E-state index contributed by atoms with van der Waals surface area (Å²) in [6.07, 6.45) is 5.82. The molecule has 2 aliphatic rings. The highest BCUT2D eigenvalue weighted by Crippen LogP contribution is 2.47. The molecule has 0 aromatic heterocycles. The molecular weight excluding hydrogens is 250 g/mol. The van der Waals surface area contributed by atoms with Crippen LogP contribution in [0.4, 0.5) is 0 Å². The molecule has 2 N–H and O–H groups in total. The molecule has 0 aliphatic heterocycles. The number of phenolic OH excluding ortho intramolecular Hbond substituents is 1. The van der Waals surface area contributed by atoms with Gasteiger partial charge in [0.2, 0.25) is 0 Å². The molecule has 3 heteroatoms. The lowest BCUT2D eigenvalue weighted by Crippen LogP contribution is -2.26. The van der Waals surface area contributed by atoms with Crippen LogP contribution in [0, 0.1) is 17.8 Å². The number of rotatable bonds is 6. The average molecular weight is 275 g/mol. The summed E-state index contributed by atoms with van der Waals surface area (Å²) >= 11 is 0. The minimum atomic E-state index is 0.226. The predicted octanol–water partition coefficient (Wildman–Crippen LogP) is 3.32. The van der Waals surface area contributed by atoms with Crippen molar-refractivity contribution in [1.29, 1.82) is 0 Å². The normalized spacial score (nSPS) is 27.9. The Morgan fingerprint density at radius 2 is 2.20 bits per heavy atom. The van der Waals surface area contributed by atoms with Crippen molar-refractivity contribution in [1.82, 2.24) is 5.32 Å². The number of benzene rings is 1. The molecule has 2 saturated carbocycles. The van der Waals surface area contributed by atoms with Crippen molar-refractivity contribution < 1.29 is 9.84 Å². The second kappa shape index (κ2) is 6.04. The number of nitrogens with one attached hydrogen (secondary N) is 1. The molecule has 2 fully saturated rings. The van der Waals surface area contributed by atoms with Crippen LogP contribution in [0.5, 0.6) is 11.5 Å². The van der Waals surface area contributed by atoms with Gasteiger partial charge in [-0.15, -0.1) is 0 Å². The summed E-state index contributed by atoms with van der Waals surface area (Å²) < 4.78 is 5.42. The van der Waals surface area contributed by atoms with E-state index in [-0.39, 0.29) is 5.75 Å². The van der Waals surface area contributed by atoms with E-state index in [1.54, 1.807) is 6.07 Å². The monoisotopic (exact) mass is 275 g/mol. The van der Waals surface area contributed by atoms with Crippen LogP contribution < -0.4 is 10.1 Å². The van der Waals surface area contributed by atoms with Crippen molar-refractivity contribution in [3.8, 4) is 11.5 Å². The molecule has 3 atom stereocenters. The molecule has 2 bridgehead atoms. The van der Waals surface area contributed by atoms with E-state index >= 15 is 0 Å². The van der Waals surface area contributed by atoms with E-state index in [1.807, 2.05) is 19.1 Å². The maximum absolute atomic E-state index is 9.69. The molecule has 3 unspecified atom stereocenters. The van der Waals surface area contributed by atoms with Crippen LogP contribution in [0.1, 0.15) is 38.2 Å². The Kier molecular flexibility index (Phi) is 4.16. The minimum absolute atomic E-state index is 0.226. The fourth-order valence-electron chi connectivity index (χ4n) is 3.97. The van der Waals surface area contributed by atoms with Gasteiger partial charge in [-0.05, 0) is 68.2 Å². The topological polar surface area (TPSA) is 41.5 Å². The summed E-state index contributed by atoms with van der Waals surface area (Å²) in [5.41, 5.74) is 1.18. The molecule has 1 aromatic rings. The Morgan fingerprint density at radius 1 is 1.30 bits per heavy atom. The number of fused-ring (bicyclic) bond motifs is 2. The third kappa shape index (κ3) is 2.93. The Morgan fingerprint density at radius 3 is 2.90 bits per heavy atom. The van der Waals surface area contributed by atoms with Gasteiger partial charge in [0.15, 0.2) is 11.5 Å². The quantitative estimate of drug-likeness (QED) is 0.837. The van der Waals surface area contributed by atoms with Crippen LogP contribution in [0.3, 0.4) is 0 Å². The van der Waals surface area contributed by atoms with Gasteiger partial charge in [0.25, 0.3) is 0 Å². The van der Waals surface area contributed by atoms with Gasteiger partial charge in [-0.1, -0.05) is 12.5 Å². The minimum Gasteiger partial charge on any atom is -0.504 e. The van der Waals surface area contributed by atoms with Gasteiger partial charge in [0.05, 0.1) is 6.61 Å². The van der Waals surface area contributed by atoms with Gasteiger partial charge in [0.1, 0.15) is 0 Å². The first-order valence-electron chi connectivity index (χ1n) is 7.91. The number of ether oxygens (including phenoxy) is 1. The highest BCUT2D eigenvalue weighted by atomic mass is 16.5. The third-order valence-electron chi connectivity index (χ3n) is 4.94. The van der Waals surface area contributed by atoms with E-state index < -0.39 is 0 Å². The zero-order valence-electron chi connectivity index (χ0n) is 12.3. The number of hydrogen-bond acceptors (Lipinski definition) is 3. The lowest BCUT2D eigenvalue weighted by Gasteiger charge is -2.22. The summed E-state index contributed by atoms with van der Waals surface area (Å²) in [5, 5.41) is 13.3. The average Bonchev–Trinajstić information content (AvgIpc) is 3.05. The van der Waals surface area contributed by atoms with Crippen molar-refractivity contribution in [3.05, 3.63) is 23.8 Å². The van der Waals surface area contributed by atoms with Crippen LogP contribution in [0.2, 0.25) is 0 Å². The van der Waals surface area contributed by atoms with E-state index in [2.05, 4.69) is 5.32 Å². The molecule has 0 radical (unpaired) electrons. The number of phenols is 1. The van der Waals surface area contributed by atoms with E-state index in [0.29, 0.717) is 12.4 Å². The molecule has 1 aromatic carbocycles. The van der Waals surface area contributed by atoms with Gasteiger partial charge >= 0.3 is 0 Å². The van der Waals surface area contributed by atoms with Crippen molar-refractivity contribution in [2.24, 2.45) is 17.8 Å². The highest BCUT2D eigenvalue weighted by molar-refractivity contribution is 5.41. The predicted molar refractivity (Wildman–Crippen MR) is 79.9 cm³/mol. The molecule has 110 valence electrons. The van der Waals surface area contributed by atoms with Gasteiger partial charge in [-0.2, -0.15) is 0 Å². The summed E-state index contributed by atoms with van der Waals surface area (Å²) in [7, 11) is 0. The Bertz CT molecular complexity index is 460. The second-order valence-corrected chi connectivity index (χ2v) is 6.30. The van der Waals surface area contributed by atoms with E-state index in [0.717, 1.165) is 30.8 Å². The standard InChI is InChI=1S/C17H25NO2/c1-2-20-17-9-13(4-6-16(17)19)10-18-11-15-8-12-3-5-14(15)7-12/h4,6,9,12,14-15,18-19H,2-3,5,7-8,10-11H2,1H3. The van der Waals surface area contributed by atoms with Gasteiger partial charge < -0.3 is 15.2 Å². The molecule has 0 amide bonds. The Balaban J connectivity index is 1.49. The molecule has 3 nitrogen and oxygen atoms in total. The smallest absolute Gasteiger partial charge is 0.161 e. The number of hydrogen-bond donors (Lipinski definition) is 2. The van der Waals surface area contributed by atoms with Gasteiger partial charge in [-0.3, -0.25) is 0 Å². The van der Waals surface area contributed by atoms with E-state index in [1.165, 1.54) is 31.2 Å². The molecular formula is C17H25NO2. The molecule has 0 saturated heterocycles. The largest absolute Gasteiger partial charge is 0.504 e. The SMILES string of the molecule is CCOc1cc(CNCC2CC3CCC2C3)ccc1O.